The minimum atomic E-state index is -1.40. The molecule has 0 aliphatic rings. The van der Waals surface area contributed by atoms with Gasteiger partial charge in [0, 0.05) is 0 Å². The number of aromatic nitrogens is 4. The van der Waals surface area contributed by atoms with Crippen molar-refractivity contribution in [2.24, 2.45) is 5.11 Å². The van der Waals surface area contributed by atoms with Crippen molar-refractivity contribution in [3.05, 3.63) is 5.53 Å². The molecule has 52 valence electrons. The van der Waals surface area contributed by atoms with Crippen molar-refractivity contribution >= 4 is 12.0 Å². The van der Waals surface area contributed by atoms with Gasteiger partial charge in [-0.3, -0.25) is 0 Å². The molecule has 1 heterocycles. The second kappa shape index (κ2) is 4.95. The van der Waals surface area contributed by atoms with E-state index in [-0.39, 0.29) is 68.9 Å². The monoisotopic (exact) mass is 274 g/mol. The minimum absolute atomic E-state index is 0. The topological polar surface area (TPSA) is 116 Å². The summed E-state index contributed by atoms with van der Waals surface area (Å²) in [5, 5.41) is 19.7. The predicted molar refractivity (Wildman–Crippen MR) is 26.7 cm³/mol. The van der Waals surface area contributed by atoms with Gasteiger partial charge in [-0.2, -0.15) is 0 Å². The Morgan fingerprint density at radius 1 is 1.73 bits per heavy atom. The Hall–Kier alpha value is 0.192. The summed E-state index contributed by atoms with van der Waals surface area (Å²) in [7, 11) is 0. The fraction of sp³-hybridized carbons (Fsp3) is 0. The molecule has 0 aliphatic heterocycles. The quantitative estimate of drug-likeness (QED) is 0.429. The summed E-state index contributed by atoms with van der Waals surface area (Å²) >= 11 is 0. The number of nitrogens with zero attached hydrogens (tertiary/aromatic N) is 6. The molecule has 0 spiro atoms. The van der Waals surface area contributed by atoms with Gasteiger partial charge in [0.25, 0.3) is 5.95 Å². The van der Waals surface area contributed by atoms with Crippen molar-refractivity contribution < 1.29 is 78.8 Å². The van der Waals surface area contributed by atoms with Crippen molar-refractivity contribution in [1.82, 2.24) is 20.2 Å². The molecule has 0 bridgehead atoms. The van der Waals surface area contributed by atoms with Crippen LogP contribution in [0.25, 0.3) is 5.53 Å². The van der Waals surface area contributed by atoms with E-state index in [1.54, 1.807) is 0 Å². The number of tetrazole rings is 1. The first-order chi connectivity index (χ1) is 4.75. The summed E-state index contributed by atoms with van der Waals surface area (Å²) < 4.78 is 0.333. The molecule has 0 aliphatic carbocycles. The van der Waals surface area contributed by atoms with Gasteiger partial charge in [0.15, 0.2) is 0 Å². The molecule has 0 radical (unpaired) electrons. The molecule has 0 saturated carbocycles. The number of carboxylic acid groups (broad SMARTS) is 1. The van der Waals surface area contributed by atoms with Gasteiger partial charge in [-0.15, -0.1) is 4.68 Å². The van der Waals surface area contributed by atoms with Gasteiger partial charge < -0.3 is 15.8 Å². The van der Waals surface area contributed by atoms with Crippen LogP contribution in [0.3, 0.4) is 0 Å². The van der Waals surface area contributed by atoms with E-state index in [2.05, 4.69) is 20.6 Å². The molecule has 0 fully saturated rings. The van der Waals surface area contributed by atoms with Crippen molar-refractivity contribution in [3.63, 3.8) is 0 Å². The summed E-state index contributed by atoms with van der Waals surface area (Å²) in [6, 6.07) is 0. The van der Waals surface area contributed by atoms with Crippen LogP contribution in [0.1, 0.15) is 0 Å². The average Bonchev–Trinajstić information content (AvgIpc) is 2.33. The second-order valence-electron chi connectivity index (χ2n) is 1.27. The smallest absolute Gasteiger partial charge is 0.704 e. The molecule has 0 amide bonds. The first kappa shape index (κ1) is 11.2. The summed E-state index contributed by atoms with van der Waals surface area (Å²) in [5.74, 6) is -0.465. The van der Waals surface area contributed by atoms with Gasteiger partial charge >= 0.3 is 75.0 Å². The van der Waals surface area contributed by atoms with E-state index in [0.29, 0.717) is 4.68 Å². The third kappa shape index (κ3) is 2.61. The summed E-state index contributed by atoms with van der Waals surface area (Å²) in [5.41, 5.74) is 8.05. The Kier molecular flexibility index (Phi) is 5.03. The summed E-state index contributed by atoms with van der Waals surface area (Å²) in [6.45, 7) is 0. The number of carbonyl (C=O) groups is 1. The molecular formula is C2HCsN6O2. The maximum atomic E-state index is 10.1. The van der Waals surface area contributed by atoms with E-state index in [1.807, 2.05) is 0 Å². The second-order valence-corrected chi connectivity index (χ2v) is 1.27. The van der Waals surface area contributed by atoms with E-state index in [4.69, 9.17) is 10.6 Å². The molecular weight excluding hydrogens is 273 g/mol. The zero-order valence-electron chi connectivity index (χ0n) is 5.54. The molecule has 1 N–H and O–H groups in total. The number of hydrogen-bond donors (Lipinski definition) is 1. The van der Waals surface area contributed by atoms with E-state index >= 15 is 0 Å². The minimum Gasteiger partial charge on any atom is -0.704 e. The van der Waals surface area contributed by atoms with Gasteiger partial charge in [-0.25, -0.2) is 4.79 Å². The predicted octanol–water partition coefficient (Wildman–Crippen LogP) is -3.14. The number of rotatable bonds is 1. The van der Waals surface area contributed by atoms with Gasteiger partial charge in [0.2, 0.25) is 0 Å². The van der Waals surface area contributed by atoms with Crippen molar-refractivity contribution in [1.29, 1.82) is 0 Å². The Morgan fingerprint density at radius 3 is 2.73 bits per heavy atom. The third-order valence-corrected chi connectivity index (χ3v) is 0.724. The van der Waals surface area contributed by atoms with E-state index < -0.39 is 12.0 Å². The Balaban J connectivity index is 0.000001000. The van der Waals surface area contributed by atoms with Gasteiger partial charge in [-0.05, 0) is 10.4 Å². The van der Waals surface area contributed by atoms with Gasteiger partial charge in [-0.1, -0.05) is 5.10 Å². The molecule has 1 aromatic rings. The molecule has 0 atom stereocenters. The van der Waals surface area contributed by atoms with Gasteiger partial charge in [0.1, 0.15) is 0 Å². The van der Waals surface area contributed by atoms with Crippen LogP contribution in [0.4, 0.5) is 10.7 Å². The van der Waals surface area contributed by atoms with Crippen LogP contribution in [-0.4, -0.2) is 31.4 Å². The SMILES string of the molecule is [Cs+].[N-]=Nc1nnnn1C(=O)O. The van der Waals surface area contributed by atoms with E-state index in [0.717, 1.165) is 0 Å². The fourth-order valence-corrected chi connectivity index (χ4v) is 0.369. The maximum Gasteiger partial charge on any atom is 1.00 e. The first-order valence-corrected chi connectivity index (χ1v) is 2.12. The van der Waals surface area contributed by atoms with E-state index in [1.165, 1.54) is 0 Å². The van der Waals surface area contributed by atoms with Crippen molar-refractivity contribution in [2.75, 3.05) is 0 Å². The Morgan fingerprint density at radius 2 is 2.36 bits per heavy atom. The fourth-order valence-electron chi connectivity index (χ4n) is 0.369. The van der Waals surface area contributed by atoms with Crippen LogP contribution in [0.2, 0.25) is 0 Å². The van der Waals surface area contributed by atoms with E-state index in [9.17, 15) is 4.79 Å². The van der Waals surface area contributed by atoms with Crippen molar-refractivity contribution in [2.45, 2.75) is 0 Å². The molecule has 9 heteroatoms. The normalized spacial score (nSPS) is 8.36. The third-order valence-electron chi connectivity index (χ3n) is 0.724. The van der Waals surface area contributed by atoms with Crippen LogP contribution < -0.4 is 68.9 Å². The van der Waals surface area contributed by atoms with Crippen molar-refractivity contribution in [3.8, 4) is 0 Å². The summed E-state index contributed by atoms with van der Waals surface area (Å²) in [4.78, 5) is 10.1. The standard InChI is InChI=1S/C2HN6O2.Cs/c3-4-1-5-6-7-8(1)2(9)10;/h(H,9,10);/q-1;+1. The number of hydrogen-bond acceptors (Lipinski definition) is 5. The Bertz CT molecular complexity index is 269. The zero-order valence-corrected chi connectivity index (χ0v) is 11.8. The largest absolute Gasteiger partial charge is 1.00 e. The molecule has 8 nitrogen and oxygen atoms in total. The first-order valence-electron chi connectivity index (χ1n) is 2.12. The molecule has 1 aromatic heterocycles. The maximum absolute atomic E-state index is 10.1. The average molecular weight is 274 g/mol. The molecule has 0 unspecified atom stereocenters. The van der Waals surface area contributed by atoms with Crippen LogP contribution in [0.15, 0.2) is 5.11 Å². The van der Waals surface area contributed by atoms with Crippen LogP contribution in [0.5, 0.6) is 0 Å². The molecule has 0 saturated heterocycles. The van der Waals surface area contributed by atoms with Crippen LogP contribution in [0, 0.1) is 0 Å². The summed E-state index contributed by atoms with van der Waals surface area (Å²) in [6.07, 6.45) is -1.40. The zero-order chi connectivity index (χ0) is 7.56. The Labute approximate surface area is 119 Å². The molecule has 0 aromatic carbocycles. The van der Waals surface area contributed by atoms with Crippen LogP contribution in [-0.2, 0) is 0 Å². The van der Waals surface area contributed by atoms with Crippen LogP contribution >= 0.6 is 0 Å². The molecule has 11 heavy (non-hydrogen) atoms. The van der Waals surface area contributed by atoms with Gasteiger partial charge in [0.05, 0.1) is 0 Å². The molecule has 1 rings (SSSR count).